The van der Waals surface area contributed by atoms with Gasteiger partial charge >= 0.3 is 0 Å². The van der Waals surface area contributed by atoms with Crippen LogP contribution in [-0.2, 0) is 11.8 Å². The number of hydrogen-bond donors (Lipinski definition) is 2. The lowest BCUT2D eigenvalue weighted by Crippen LogP contribution is -2.32. The van der Waals surface area contributed by atoms with Crippen LogP contribution < -0.4 is 10.1 Å². The minimum absolute atomic E-state index is 0.0759. The number of fused-ring (bicyclic) bond motifs is 1. The van der Waals surface area contributed by atoms with Crippen molar-refractivity contribution in [2.75, 3.05) is 13.2 Å². The molecule has 0 aliphatic carbocycles. The lowest BCUT2D eigenvalue weighted by atomic mass is 10.1. The predicted molar refractivity (Wildman–Crippen MR) is 97.6 cm³/mol. The van der Waals surface area contributed by atoms with Crippen molar-refractivity contribution < 1.29 is 14.6 Å². The van der Waals surface area contributed by atoms with E-state index >= 15 is 0 Å². The Kier molecular flexibility index (Phi) is 5.05. The zero-order valence-corrected chi connectivity index (χ0v) is 14.4. The fourth-order valence-electron chi connectivity index (χ4n) is 2.67. The molecule has 1 amide bonds. The molecule has 0 aliphatic heterocycles. The minimum atomic E-state index is -0.757. The van der Waals surface area contributed by atoms with Gasteiger partial charge in [0, 0.05) is 25.3 Å². The van der Waals surface area contributed by atoms with Crippen molar-refractivity contribution in [3.63, 3.8) is 0 Å². The molecule has 2 aromatic carbocycles. The van der Waals surface area contributed by atoms with Crippen LogP contribution in [0.4, 0.5) is 0 Å². The Morgan fingerprint density at radius 1 is 1.20 bits per heavy atom. The Bertz CT molecular complexity index is 868. The van der Waals surface area contributed by atoms with Crippen molar-refractivity contribution in [2.24, 2.45) is 7.05 Å². The number of nitrogens with zero attached hydrogens (tertiary/aromatic N) is 1. The first-order valence-corrected chi connectivity index (χ1v) is 8.22. The molecular formula is C20H22N2O3. The second-order valence-electron chi connectivity index (χ2n) is 6.17. The fourth-order valence-corrected chi connectivity index (χ4v) is 2.67. The lowest BCUT2D eigenvalue weighted by molar-refractivity contribution is -0.123. The summed E-state index contributed by atoms with van der Waals surface area (Å²) >= 11 is 0. The van der Waals surface area contributed by atoms with E-state index < -0.39 is 6.10 Å². The standard InChI is InChI=1S/C20H22N2O3/c1-14-3-6-17(7-4-14)25-13-20(24)21-12-19(23)16-5-8-18-15(11-16)9-10-22(18)2/h3-11,19,23H,12-13H2,1-2H3,(H,21,24). The van der Waals surface area contributed by atoms with Gasteiger partial charge < -0.3 is 19.7 Å². The maximum atomic E-state index is 11.9. The molecule has 0 bridgehead atoms. The van der Waals surface area contributed by atoms with Crippen molar-refractivity contribution in [1.29, 1.82) is 0 Å². The zero-order chi connectivity index (χ0) is 17.8. The molecule has 0 spiro atoms. The van der Waals surface area contributed by atoms with Gasteiger partial charge in [0.25, 0.3) is 5.91 Å². The van der Waals surface area contributed by atoms with Gasteiger partial charge in [-0.05, 0) is 48.2 Å². The first kappa shape index (κ1) is 17.0. The Hall–Kier alpha value is -2.79. The average Bonchev–Trinajstić information content (AvgIpc) is 2.99. The fraction of sp³-hybridized carbons (Fsp3) is 0.250. The normalized spacial score (nSPS) is 12.1. The van der Waals surface area contributed by atoms with Gasteiger partial charge in [-0.1, -0.05) is 23.8 Å². The molecule has 1 unspecified atom stereocenters. The van der Waals surface area contributed by atoms with Gasteiger partial charge in [-0.2, -0.15) is 0 Å². The molecule has 5 nitrogen and oxygen atoms in total. The lowest BCUT2D eigenvalue weighted by Gasteiger charge is -2.13. The summed E-state index contributed by atoms with van der Waals surface area (Å²) in [5.41, 5.74) is 3.01. The molecule has 3 aromatic rings. The van der Waals surface area contributed by atoms with E-state index in [0.29, 0.717) is 5.75 Å². The zero-order valence-electron chi connectivity index (χ0n) is 14.4. The van der Waals surface area contributed by atoms with Gasteiger partial charge in [0.2, 0.25) is 0 Å². The molecular weight excluding hydrogens is 316 g/mol. The largest absolute Gasteiger partial charge is 0.484 e. The van der Waals surface area contributed by atoms with E-state index in [0.717, 1.165) is 22.0 Å². The van der Waals surface area contributed by atoms with E-state index in [-0.39, 0.29) is 19.1 Å². The second kappa shape index (κ2) is 7.40. The van der Waals surface area contributed by atoms with Crippen LogP contribution in [0.1, 0.15) is 17.2 Å². The quantitative estimate of drug-likeness (QED) is 0.726. The molecule has 25 heavy (non-hydrogen) atoms. The highest BCUT2D eigenvalue weighted by molar-refractivity contribution is 5.81. The summed E-state index contributed by atoms with van der Waals surface area (Å²) < 4.78 is 7.45. The topological polar surface area (TPSA) is 63.5 Å². The number of hydrogen-bond acceptors (Lipinski definition) is 3. The first-order valence-electron chi connectivity index (χ1n) is 8.22. The highest BCUT2D eigenvalue weighted by Gasteiger charge is 2.11. The average molecular weight is 338 g/mol. The maximum Gasteiger partial charge on any atom is 0.258 e. The number of aryl methyl sites for hydroxylation is 2. The van der Waals surface area contributed by atoms with E-state index in [1.165, 1.54) is 0 Å². The Morgan fingerprint density at radius 3 is 2.72 bits per heavy atom. The first-order chi connectivity index (χ1) is 12.0. The van der Waals surface area contributed by atoms with Crippen LogP contribution in [-0.4, -0.2) is 28.7 Å². The molecule has 1 aromatic heterocycles. The maximum absolute atomic E-state index is 11.9. The summed E-state index contributed by atoms with van der Waals surface area (Å²) in [6.07, 6.45) is 1.22. The highest BCUT2D eigenvalue weighted by Crippen LogP contribution is 2.20. The summed E-state index contributed by atoms with van der Waals surface area (Å²) in [6.45, 7) is 2.06. The number of benzene rings is 2. The Balaban J connectivity index is 1.51. The summed E-state index contributed by atoms with van der Waals surface area (Å²) in [7, 11) is 1.98. The number of amides is 1. The van der Waals surface area contributed by atoms with Gasteiger partial charge in [0.1, 0.15) is 5.75 Å². The van der Waals surface area contributed by atoms with E-state index in [2.05, 4.69) is 5.32 Å². The second-order valence-corrected chi connectivity index (χ2v) is 6.17. The van der Waals surface area contributed by atoms with Crippen LogP contribution in [0, 0.1) is 6.92 Å². The molecule has 0 aliphatic rings. The van der Waals surface area contributed by atoms with Crippen molar-refractivity contribution >= 4 is 16.8 Å². The van der Waals surface area contributed by atoms with Gasteiger partial charge in [0.15, 0.2) is 6.61 Å². The van der Waals surface area contributed by atoms with Gasteiger partial charge in [-0.25, -0.2) is 0 Å². The van der Waals surface area contributed by atoms with Crippen LogP contribution in [0.15, 0.2) is 54.7 Å². The molecule has 3 rings (SSSR count). The van der Waals surface area contributed by atoms with Crippen molar-refractivity contribution in [3.8, 4) is 5.75 Å². The van der Waals surface area contributed by atoms with Crippen LogP contribution in [0.5, 0.6) is 5.75 Å². The summed E-state index contributed by atoms with van der Waals surface area (Å²) in [5, 5.41) is 14.0. The van der Waals surface area contributed by atoms with E-state index in [1.54, 1.807) is 0 Å². The molecule has 1 atom stereocenters. The Morgan fingerprint density at radius 2 is 1.96 bits per heavy atom. The van der Waals surface area contributed by atoms with E-state index in [9.17, 15) is 9.90 Å². The van der Waals surface area contributed by atoms with Crippen molar-refractivity contribution in [3.05, 3.63) is 65.9 Å². The van der Waals surface area contributed by atoms with Crippen molar-refractivity contribution in [2.45, 2.75) is 13.0 Å². The SMILES string of the molecule is Cc1ccc(OCC(=O)NCC(O)c2ccc3c(ccn3C)c2)cc1. The molecule has 0 saturated carbocycles. The molecule has 130 valence electrons. The minimum Gasteiger partial charge on any atom is -0.484 e. The van der Waals surface area contributed by atoms with Gasteiger partial charge in [-0.3, -0.25) is 4.79 Å². The third-order valence-corrected chi connectivity index (χ3v) is 4.18. The molecule has 0 fully saturated rings. The third kappa shape index (κ3) is 4.19. The third-order valence-electron chi connectivity index (χ3n) is 4.18. The number of rotatable bonds is 6. The number of aromatic nitrogens is 1. The smallest absolute Gasteiger partial charge is 0.258 e. The molecule has 2 N–H and O–H groups in total. The van der Waals surface area contributed by atoms with Crippen LogP contribution in [0.25, 0.3) is 10.9 Å². The van der Waals surface area contributed by atoms with Gasteiger partial charge in [-0.15, -0.1) is 0 Å². The monoisotopic (exact) mass is 338 g/mol. The molecule has 0 saturated heterocycles. The summed E-state index contributed by atoms with van der Waals surface area (Å²) in [5.74, 6) is 0.385. The number of nitrogens with one attached hydrogen (secondary N) is 1. The van der Waals surface area contributed by atoms with E-state index in [4.69, 9.17) is 4.74 Å². The highest BCUT2D eigenvalue weighted by atomic mass is 16.5. The number of aliphatic hydroxyl groups is 1. The number of ether oxygens (including phenoxy) is 1. The number of carbonyl (C=O) groups excluding carboxylic acids is 1. The molecule has 0 radical (unpaired) electrons. The van der Waals surface area contributed by atoms with Crippen molar-refractivity contribution in [1.82, 2.24) is 9.88 Å². The number of aliphatic hydroxyl groups excluding tert-OH is 1. The van der Waals surface area contributed by atoms with Crippen LogP contribution >= 0.6 is 0 Å². The summed E-state index contributed by atoms with van der Waals surface area (Å²) in [6, 6.07) is 15.3. The van der Waals surface area contributed by atoms with Crippen LogP contribution in [0.2, 0.25) is 0 Å². The Labute approximate surface area is 146 Å². The van der Waals surface area contributed by atoms with Crippen LogP contribution in [0.3, 0.4) is 0 Å². The van der Waals surface area contributed by atoms with E-state index in [1.807, 2.05) is 73.3 Å². The number of carbonyl (C=O) groups is 1. The van der Waals surface area contributed by atoms with Gasteiger partial charge in [0.05, 0.1) is 6.10 Å². The summed E-state index contributed by atoms with van der Waals surface area (Å²) in [4.78, 5) is 11.9. The molecule has 5 heteroatoms. The molecule has 1 heterocycles. The predicted octanol–water partition coefficient (Wildman–Crippen LogP) is 2.72.